The van der Waals surface area contributed by atoms with E-state index in [1.54, 1.807) is 12.4 Å². The first kappa shape index (κ1) is 17.1. The molecule has 0 aliphatic rings. The summed E-state index contributed by atoms with van der Waals surface area (Å²) in [6.45, 7) is 0. The molecular formula is C24H20N2O. The molecule has 2 heterocycles. The van der Waals surface area contributed by atoms with Gasteiger partial charge in [0.05, 0.1) is 5.52 Å². The Labute approximate surface area is 158 Å². The second-order valence-corrected chi connectivity index (χ2v) is 6.65. The summed E-state index contributed by atoms with van der Waals surface area (Å²) in [5, 5.41) is 1.17. The molecule has 4 aromatic rings. The summed E-state index contributed by atoms with van der Waals surface area (Å²) in [5.41, 5.74) is 5.07. The number of benzene rings is 2. The molecule has 0 atom stereocenters. The molecule has 2 aromatic carbocycles. The van der Waals surface area contributed by atoms with Crippen molar-refractivity contribution in [1.29, 1.82) is 0 Å². The highest BCUT2D eigenvalue weighted by Crippen LogP contribution is 2.14. The lowest BCUT2D eigenvalue weighted by Gasteiger charge is -2.05. The van der Waals surface area contributed by atoms with Gasteiger partial charge in [-0.2, -0.15) is 0 Å². The third kappa shape index (κ3) is 4.26. The molecule has 4 rings (SSSR count). The number of para-hydroxylation sites is 1. The van der Waals surface area contributed by atoms with Crippen LogP contribution < -0.4 is 0 Å². The van der Waals surface area contributed by atoms with Crippen LogP contribution >= 0.6 is 0 Å². The standard InChI is InChI=1S/C24H20N2O/c27-24(17-19-13-15-25-16-14-19)21-8-5-18(6-9-21)7-11-22-12-10-20-3-1-2-4-23(20)26-22/h1-6,8-10,12-16H,7,11,17H2. The highest BCUT2D eigenvalue weighted by molar-refractivity contribution is 5.97. The van der Waals surface area contributed by atoms with Crippen molar-refractivity contribution in [3.05, 3.63) is 108 Å². The van der Waals surface area contributed by atoms with Crippen LogP contribution in [0.25, 0.3) is 10.9 Å². The van der Waals surface area contributed by atoms with E-state index < -0.39 is 0 Å². The van der Waals surface area contributed by atoms with Crippen molar-refractivity contribution in [2.75, 3.05) is 0 Å². The summed E-state index contributed by atoms with van der Waals surface area (Å²) in [5.74, 6) is 0.129. The molecule has 0 amide bonds. The third-order valence-corrected chi connectivity index (χ3v) is 4.72. The van der Waals surface area contributed by atoms with Crippen molar-refractivity contribution in [2.24, 2.45) is 0 Å². The van der Waals surface area contributed by atoms with Crippen LogP contribution in [0.1, 0.15) is 27.2 Å². The van der Waals surface area contributed by atoms with Crippen LogP contribution in [-0.2, 0) is 19.3 Å². The van der Waals surface area contributed by atoms with Gasteiger partial charge in [0, 0.05) is 35.5 Å². The Bertz CT molecular complexity index is 1060. The molecule has 0 fully saturated rings. The van der Waals surface area contributed by atoms with Crippen LogP contribution in [-0.4, -0.2) is 15.8 Å². The number of pyridine rings is 2. The lowest BCUT2D eigenvalue weighted by molar-refractivity contribution is 0.0993. The quantitative estimate of drug-likeness (QED) is 0.466. The second kappa shape index (κ2) is 7.92. The maximum Gasteiger partial charge on any atom is 0.167 e. The zero-order valence-electron chi connectivity index (χ0n) is 15.0. The second-order valence-electron chi connectivity index (χ2n) is 6.65. The predicted octanol–water partition coefficient (Wildman–Crippen LogP) is 4.84. The molecule has 27 heavy (non-hydrogen) atoms. The van der Waals surface area contributed by atoms with E-state index in [2.05, 4.69) is 23.2 Å². The van der Waals surface area contributed by atoms with Crippen molar-refractivity contribution in [3.63, 3.8) is 0 Å². The number of rotatable bonds is 6. The SMILES string of the molecule is O=C(Cc1ccncc1)c1ccc(CCc2ccc3ccccc3n2)cc1. The van der Waals surface area contributed by atoms with E-state index in [9.17, 15) is 4.79 Å². The minimum atomic E-state index is 0.129. The Hall–Kier alpha value is -3.33. The average molecular weight is 352 g/mol. The minimum absolute atomic E-state index is 0.129. The molecule has 3 heteroatoms. The van der Waals surface area contributed by atoms with Gasteiger partial charge in [0.2, 0.25) is 0 Å². The van der Waals surface area contributed by atoms with Crippen LogP contribution in [0.3, 0.4) is 0 Å². The van der Waals surface area contributed by atoms with E-state index in [-0.39, 0.29) is 5.78 Å². The summed E-state index contributed by atoms with van der Waals surface area (Å²) in [7, 11) is 0. The number of ketones is 1. The zero-order chi connectivity index (χ0) is 18.5. The molecule has 2 aromatic heterocycles. The number of carbonyl (C=O) groups is 1. The summed E-state index contributed by atoms with van der Waals surface area (Å²) in [6.07, 6.45) is 5.63. The third-order valence-electron chi connectivity index (χ3n) is 4.72. The van der Waals surface area contributed by atoms with Gasteiger partial charge in [-0.05, 0) is 48.2 Å². The van der Waals surface area contributed by atoms with Crippen molar-refractivity contribution in [1.82, 2.24) is 9.97 Å². The molecular weight excluding hydrogens is 332 g/mol. The van der Waals surface area contributed by atoms with E-state index >= 15 is 0 Å². The van der Waals surface area contributed by atoms with Gasteiger partial charge in [-0.15, -0.1) is 0 Å². The van der Waals surface area contributed by atoms with Gasteiger partial charge in [0.15, 0.2) is 5.78 Å². The van der Waals surface area contributed by atoms with Crippen LogP contribution in [0.5, 0.6) is 0 Å². The first-order valence-electron chi connectivity index (χ1n) is 9.14. The van der Waals surface area contributed by atoms with Gasteiger partial charge in [0.25, 0.3) is 0 Å². The maximum absolute atomic E-state index is 12.4. The number of Topliss-reactive ketones (excluding diaryl/α,β-unsaturated/α-hetero) is 1. The number of aromatic nitrogens is 2. The molecule has 0 unspecified atom stereocenters. The molecule has 0 aliphatic carbocycles. The number of hydrogen-bond donors (Lipinski definition) is 0. The molecule has 0 spiro atoms. The number of carbonyl (C=O) groups excluding carboxylic acids is 1. The maximum atomic E-state index is 12.4. The van der Waals surface area contributed by atoms with Gasteiger partial charge in [-0.3, -0.25) is 14.8 Å². The van der Waals surface area contributed by atoms with E-state index in [4.69, 9.17) is 4.98 Å². The van der Waals surface area contributed by atoms with Gasteiger partial charge in [0.1, 0.15) is 0 Å². The van der Waals surface area contributed by atoms with Gasteiger partial charge in [-0.25, -0.2) is 0 Å². The fourth-order valence-electron chi connectivity index (χ4n) is 3.17. The number of aryl methyl sites for hydroxylation is 2. The van der Waals surface area contributed by atoms with Crippen molar-refractivity contribution >= 4 is 16.7 Å². The lowest BCUT2D eigenvalue weighted by atomic mass is 10.0. The topological polar surface area (TPSA) is 42.9 Å². The van der Waals surface area contributed by atoms with Crippen LogP contribution in [0.15, 0.2) is 85.2 Å². The molecule has 3 nitrogen and oxygen atoms in total. The average Bonchev–Trinajstić information content (AvgIpc) is 2.73. The van der Waals surface area contributed by atoms with Gasteiger partial charge >= 0.3 is 0 Å². The van der Waals surface area contributed by atoms with Gasteiger partial charge in [-0.1, -0.05) is 48.5 Å². The van der Waals surface area contributed by atoms with Crippen LogP contribution in [0.4, 0.5) is 0 Å². The number of nitrogens with zero attached hydrogens (tertiary/aromatic N) is 2. The number of hydrogen-bond acceptors (Lipinski definition) is 3. The minimum Gasteiger partial charge on any atom is -0.294 e. The van der Waals surface area contributed by atoms with Crippen molar-refractivity contribution in [2.45, 2.75) is 19.3 Å². The summed E-state index contributed by atoms with van der Waals surface area (Å²) < 4.78 is 0. The normalized spacial score (nSPS) is 10.8. The van der Waals surface area contributed by atoms with E-state index in [1.165, 1.54) is 10.9 Å². The summed E-state index contributed by atoms with van der Waals surface area (Å²) in [4.78, 5) is 21.1. The zero-order valence-corrected chi connectivity index (χ0v) is 15.0. The monoisotopic (exact) mass is 352 g/mol. The largest absolute Gasteiger partial charge is 0.294 e. The first-order chi connectivity index (χ1) is 13.3. The van der Waals surface area contributed by atoms with Crippen LogP contribution in [0.2, 0.25) is 0 Å². The van der Waals surface area contributed by atoms with Crippen LogP contribution in [0, 0.1) is 0 Å². The number of fused-ring (bicyclic) bond motifs is 1. The first-order valence-corrected chi connectivity index (χ1v) is 9.14. The lowest BCUT2D eigenvalue weighted by Crippen LogP contribution is -2.04. The Morgan fingerprint density at radius 2 is 1.52 bits per heavy atom. The molecule has 0 saturated carbocycles. The Kier molecular flexibility index (Phi) is 5.01. The molecule has 0 saturated heterocycles. The van der Waals surface area contributed by atoms with E-state index in [0.717, 1.165) is 35.2 Å². The summed E-state index contributed by atoms with van der Waals surface area (Å²) in [6, 6.07) is 24.1. The molecule has 0 radical (unpaired) electrons. The van der Waals surface area contributed by atoms with E-state index in [0.29, 0.717) is 6.42 Å². The highest BCUT2D eigenvalue weighted by Gasteiger charge is 2.07. The van der Waals surface area contributed by atoms with E-state index in [1.807, 2.05) is 54.6 Å². The summed E-state index contributed by atoms with van der Waals surface area (Å²) >= 11 is 0. The Morgan fingerprint density at radius 3 is 2.33 bits per heavy atom. The van der Waals surface area contributed by atoms with Gasteiger partial charge < -0.3 is 0 Å². The fraction of sp³-hybridized carbons (Fsp3) is 0.125. The van der Waals surface area contributed by atoms with Crippen molar-refractivity contribution in [3.8, 4) is 0 Å². The Balaban J connectivity index is 1.39. The molecule has 0 aliphatic heterocycles. The Morgan fingerprint density at radius 1 is 0.741 bits per heavy atom. The molecule has 0 N–H and O–H groups in total. The predicted molar refractivity (Wildman–Crippen MR) is 108 cm³/mol. The van der Waals surface area contributed by atoms with Crippen molar-refractivity contribution < 1.29 is 4.79 Å². The fourth-order valence-corrected chi connectivity index (χ4v) is 3.17. The molecule has 132 valence electrons. The molecule has 0 bridgehead atoms. The highest BCUT2D eigenvalue weighted by atomic mass is 16.1. The smallest absolute Gasteiger partial charge is 0.167 e.